The van der Waals surface area contributed by atoms with E-state index in [0.717, 1.165) is 75.7 Å². The maximum Gasteiger partial charge on any atom is 0.166 e. The monoisotopic (exact) mass is 812 g/mol. The number of benzene rings is 2. The summed E-state index contributed by atoms with van der Waals surface area (Å²) < 4.78 is 31.8. The summed E-state index contributed by atoms with van der Waals surface area (Å²) in [7, 11) is 9.34. The largest absolute Gasteiger partial charge is 0.504 e. The average molecular weight is 813 g/mol. The van der Waals surface area contributed by atoms with Gasteiger partial charge in [0.15, 0.2) is 23.0 Å². The number of nitrogens with one attached hydrogen (secondary N) is 2. The zero-order chi connectivity index (χ0) is 41.9. The molecule has 2 heterocycles. The highest BCUT2D eigenvalue weighted by molar-refractivity contribution is 5.66. The molecule has 59 heavy (non-hydrogen) atoms. The van der Waals surface area contributed by atoms with Crippen LogP contribution >= 0.6 is 0 Å². The van der Waals surface area contributed by atoms with E-state index in [-0.39, 0.29) is 63.5 Å². The number of aliphatic hydroxyl groups excluding tert-OH is 2. The Morgan fingerprint density at radius 3 is 1.58 bits per heavy atom. The lowest BCUT2D eigenvalue weighted by Crippen LogP contribution is -2.77. The summed E-state index contributed by atoms with van der Waals surface area (Å²) >= 11 is 0. The van der Waals surface area contributed by atoms with E-state index in [1.54, 1.807) is 27.4 Å². The average Bonchev–Trinajstić information content (AvgIpc) is 3.83. The molecule has 2 spiro atoms. The smallest absolute Gasteiger partial charge is 0.166 e. The van der Waals surface area contributed by atoms with E-state index >= 15 is 0 Å². The minimum atomic E-state index is -0.706. The van der Waals surface area contributed by atoms with Crippen molar-refractivity contribution in [1.29, 1.82) is 0 Å². The van der Waals surface area contributed by atoms with E-state index < -0.39 is 23.4 Å². The van der Waals surface area contributed by atoms with Gasteiger partial charge in [0.2, 0.25) is 0 Å². The van der Waals surface area contributed by atoms with E-state index in [1.807, 2.05) is 27.0 Å². The van der Waals surface area contributed by atoms with Crippen LogP contribution in [0.2, 0.25) is 0 Å². The van der Waals surface area contributed by atoms with Crippen LogP contribution in [-0.2, 0) is 33.1 Å². The summed E-state index contributed by atoms with van der Waals surface area (Å²) in [5, 5.41) is 39.7. The van der Waals surface area contributed by atoms with Crippen LogP contribution in [-0.4, -0.2) is 98.4 Å². The Hall–Kier alpha value is -3.12. The van der Waals surface area contributed by atoms with Crippen LogP contribution in [0.3, 0.4) is 0 Å². The molecule has 10 heteroatoms. The van der Waals surface area contributed by atoms with Crippen molar-refractivity contribution >= 4 is 0 Å². The van der Waals surface area contributed by atoms with Gasteiger partial charge in [0, 0.05) is 60.1 Å². The van der Waals surface area contributed by atoms with Gasteiger partial charge in [-0.25, -0.2) is 0 Å². The predicted octanol–water partition coefficient (Wildman–Crippen LogP) is 6.44. The Kier molecular flexibility index (Phi) is 9.93. The van der Waals surface area contributed by atoms with Gasteiger partial charge in [0.1, 0.15) is 23.4 Å². The van der Waals surface area contributed by atoms with Crippen LogP contribution in [0.15, 0.2) is 48.6 Å². The maximum absolute atomic E-state index is 10.9. The van der Waals surface area contributed by atoms with E-state index in [0.29, 0.717) is 5.75 Å². The van der Waals surface area contributed by atoms with Gasteiger partial charge >= 0.3 is 0 Å². The van der Waals surface area contributed by atoms with E-state index in [9.17, 15) is 15.3 Å². The van der Waals surface area contributed by atoms with Gasteiger partial charge in [-0.05, 0) is 89.7 Å². The third-order valence-electron chi connectivity index (χ3n) is 17.5. The Morgan fingerprint density at radius 1 is 0.695 bits per heavy atom. The van der Waals surface area contributed by atoms with Crippen molar-refractivity contribution in [1.82, 2.24) is 10.6 Å². The predicted molar refractivity (Wildman–Crippen MR) is 228 cm³/mol. The number of hydrogen-bond donors (Lipinski definition) is 5. The lowest BCUT2D eigenvalue weighted by Gasteiger charge is -2.68. The van der Waals surface area contributed by atoms with Gasteiger partial charge in [0.05, 0.1) is 30.1 Å². The number of methoxy groups -OCH3 is 3. The highest BCUT2D eigenvalue weighted by atomic mass is 16.6. The van der Waals surface area contributed by atoms with E-state index in [1.165, 1.54) is 22.3 Å². The second-order valence-corrected chi connectivity index (χ2v) is 19.3. The molecule has 2 fully saturated rings. The standard InChI is InChI=1S/C25H35NO4.C24H33NO4/c1-6-7-10-24-20-16-8-9-18(28-4)21(20)30-22(24)25(29-5)12-11-23(24,19(13-16)26-3)14-17(25)15(2)27;1-5-6-9-23-19-15-7-8-17(27)20(19)29-21(23)24(28-4)11-10-22(23,18(12-15)25-3)13-16(24)14(2)26/h8-9,11-12,15,17,19,22,26-27H,6-7,10,13-14H2,1-5H3;7-8,10-11,14,16,18,21,25-27H,5-6,9,12-13H2,1-4H3/t15?,17-,19?,22?,23?,24+,25?;14?,16-,18?,21?,22?,23+,24?/m11/s1. The van der Waals surface area contributed by atoms with Crippen molar-refractivity contribution in [2.24, 2.45) is 22.7 Å². The van der Waals surface area contributed by atoms with Crippen molar-refractivity contribution in [2.75, 3.05) is 35.4 Å². The lowest BCUT2D eigenvalue weighted by atomic mass is 9.38. The lowest BCUT2D eigenvalue weighted by molar-refractivity contribution is -0.211. The van der Waals surface area contributed by atoms with Gasteiger partial charge in [-0.3, -0.25) is 0 Å². The normalized spacial score (nSPS) is 41.3. The molecule has 0 saturated heterocycles. The zero-order valence-electron chi connectivity index (χ0n) is 36.7. The number of aromatic hydroxyl groups is 1. The number of unbranched alkanes of at least 4 members (excludes halogenated alkanes) is 2. The first-order chi connectivity index (χ1) is 28.4. The second kappa shape index (κ2) is 14.2. The first kappa shape index (κ1) is 41.2. The Labute approximate surface area is 351 Å². The van der Waals surface area contributed by atoms with Crippen LogP contribution in [0.4, 0.5) is 0 Å². The summed E-state index contributed by atoms with van der Waals surface area (Å²) in [6, 6.07) is 8.63. The molecule has 10 aliphatic rings. The molecule has 0 aromatic heterocycles. The van der Waals surface area contributed by atoms with Crippen molar-refractivity contribution in [3.8, 4) is 23.0 Å². The van der Waals surface area contributed by atoms with Crippen LogP contribution in [0.25, 0.3) is 0 Å². The van der Waals surface area contributed by atoms with Crippen molar-refractivity contribution in [2.45, 2.75) is 150 Å². The third kappa shape index (κ3) is 4.80. The molecule has 2 aromatic rings. The van der Waals surface area contributed by atoms with Crippen LogP contribution in [0.5, 0.6) is 23.0 Å². The number of phenols is 1. The summed E-state index contributed by atoms with van der Waals surface area (Å²) in [5.74, 6) is 2.46. The molecule has 12 rings (SSSR count). The fraction of sp³-hybridized carbons (Fsp3) is 0.673. The molecule has 14 atom stereocenters. The molecule has 0 radical (unpaired) electrons. The highest BCUT2D eigenvalue weighted by Gasteiger charge is 2.79. The van der Waals surface area contributed by atoms with Crippen LogP contribution in [0.1, 0.15) is 101 Å². The SMILES string of the molecule is CCCC[C@]12c3c4ccc(O)c3OC1C1(OC)C=CC2(C[C@@H]1C(C)O)C(NC)C4.CCCC[C@]12c3c4ccc(OC)c3OC1C1(OC)C=CC2(C[C@@H]1C(C)O)C(NC)C4. The van der Waals surface area contributed by atoms with Crippen molar-refractivity contribution < 1.29 is 39.0 Å². The molecule has 2 aromatic carbocycles. The minimum Gasteiger partial charge on any atom is -0.504 e. The molecule has 5 N–H and O–H groups in total. The number of likely N-dealkylation sites (N-methyl/N-ethyl adjacent to an activating group) is 2. The van der Waals surface area contributed by atoms with Gasteiger partial charge in [-0.2, -0.15) is 0 Å². The first-order valence-electron chi connectivity index (χ1n) is 22.5. The highest BCUT2D eigenvalue weighted by Crippen LogP contribution is 2.75. The van der Waals surface area contributed by atoms with Gasteiger partial charge in [-0.1, -0.05) is 76.0 Å². The topological polar surface area (TPSA) is 131 Å². The fourth-order valence-corrected chi connectivity index (χ4v) is 15.1. The summed E-state index contributed by atoms with van der Waals surface area (Å²) in [5.41, 5.74) is 3.02. The Bertz CT molecular complexity index is 2030. The molecule has 10 nitrogen and oxygen atoms in total. The summed E-state index contributed by atoms with van der Waals surface area (Å²) in [6.45, 7) is 8.24. The Morgan fingerprint density at radius 2 is 1.15 bits per heavy atom. The van der Waals surface area contributed by atoms with Crippen molar-refractivity contribution in [3.05, 3.63) is 70.8 Å². The molecular formula is C49H68N2O8. The van der Waals surface area contributed by atoms with E-state index in [4.69, 9.17) is 23.7 Å². The molecule has 2 saturated carbocycles. The van der Waals surface area contributed by atoms with Gasteiger partial charge in [0.25, 0.3) is 0 Å². The zero-order valence-corrected chi connectivity index (χ0v) is 36.7. The molecule has 322 valence electrons. The quantitative estimate of drug-likeness (QED) is 0.144. The van der Waals surface area contributed by atoms with Crippen LogP contribution < -0.4 is 24.8 Å². The van der Waals surface area contributed by atoms with Crippen LogP contribution in [0, 0.1) is 22.7 Å². The molecule has 0 amide bonds. The second-order valence-electron chi connectivity index (χ2n) is 19.3. The first-order valence-corrected chi connectivity index (χ1v) is 22.5. The minimum absolute atomic E-state index is 0.0232. The number of ether oxygens (including phenoxy) is 5. The summed E-state index contributed by atoms with van der Waals surface area (Å²) in [6.07, 6.45) is 17.8. The van der Waals surface area contributed by atoms with Gasteiger partial charge < -0.3 is 49.6 Å². The number of phenolic OH excluding ortho intramolecular Hbond substituents is 1. The molecule has 2 aliphatic heterocycles. The summed E-state index contributed by atoms with van der Waals surface area (Å²) in [4.78, 5) is 0. The number of fused-ring (bicyclic) bond motifs is 2. The number of hydrogen-bond acceptors (Lipinski definition) is 10. The van der Waals surface area contributed by atoms with Crippen molar-refractivity contribution in [3.63, 3.8) is 0 Å². The molecule has 4 bridgehead atoms. The molecule has 8 aliphatic carbocycles. The Balaban J connectivity index is 0.000000152. The molecule has 10 unspecified atom stereocenters. The fourth-order valence-electron chi connectivity index (χ4n) is 15.1. The number of aliphatic hydroxyl groups is 2. The maximum atomic E-state index is 10.9. The van der Waals surface area contributed by atoms with Gasteiger partial charge in [-0.15, -0.1) is 0 Å². The third-order valence-corrected chi connectivity index (χ3v) is 17.5. The van der Waals surface area contributed by atoms with E-state index in [2.05, 4.69) is 68.0 Å². The number of rotatable bonds is 13. The molecular weight excluding hydrogens is 745 g/mol.